The number of para-hydroxylation sites is 1. The first-order valence-electron chi connectivity index (χ1n) is 12.2. The molecular formula is C32H30N4O2. The molecule has 0 aliphatic rings. The largest absolute Gasteiger partial charge is 0.477 e. The minimum atomic E-state index is -1.24. The maximum absolute atomic E-state index is 11.3. The number of carboxylic acid groups (broad SMARTS) is 1. The van der Waals surface area contributed by atoms with E-state index in [9.17, 15) is 9.90 Å². The molecule has 0 aliphatic heterocycles. The zero-order valence-corrected chi connectivity index (χ0v) is 22.0. The van der Waals surface area contributed by atoms with Crippen molar-refractivity contribution in [2.75, 3.05) is 42.9 Å². The van der Waals surface area contributed by atoms with Crippen molar-refractivity contribution in [2.24, 2.45) is 0 Å². The Bertz CT molecular complexity index is 1480. The van der Waals surface area contributed by atoms with Gasteiger partial charge in [0, 0.05) is 56.5 Å². The summed E-state index contributed by atoms with van der Waals surface area (Å²) >= 11 is 0. The second kappa shape index (κ2) is 11.4. The number of hydrogen-bond acceptors (Lipinski definition) is 5. The molecule has 1 N–H and O–H groups in total. The molecule has 0 fully saturated rings. The van der Waals surface area contributed by atoms with Gasteiger partial charge in [-0.3, -0.25) is 0 Å². The molecule has 0 unspecified atom stereocenters. The Morgan fingerprint density at radius 1 is 0.711 bits per heavy atom. The van der Waals surface area contributed by atoms with Crippen LogP contribution in [0.1, 0.15) is 5.56 Å². The smallest absolute Gasteiger partial charge is 0.346 e. The van der Waals surface area contributed by atoms with E-state index in [1.54, 1.807) is 6.07 Å². The number of carbonyl (C=O) groups is 1. The molecule has 4 rings (SSSR count). The first-order valence-corrected chi connectivity index (χ1v) is 12.2. The third-order valence-electron chi connectivity index (χ3n) is 6.28. The van der Waals surface area contributed by atoms with Crippen LogP contribution in [0.4, 0.5) is 28.4 Å². The van der Waals surface area contributed by atoms with Gasteiger partial charge in [-0.2, -0.15) is 5.26 Å². The molecule has 0 atom stereocenters. The van der Waals surface area contributed by atoms with Gasteiger partial charge in [0.2, 0.25) is 0 Å². The van der Waals surface area contributed by atoms with Crippen LogP contribution in [0.15, 0.2) is 103 Å². The number of carboxylic acids is 1. The fraction of sp³-hybridized carbons (Fsp3) is 0.125. The van der Waals surface area contributed by atoms with Crippen molar-refractivity contribution in [3.8, 4) is 17.2 Å². The Balaban J connectivity index is 1.84. The van der Waals surface area contributed by atoms with Gasteiger partial charge in [0.25, 0.3) is 0 Å². The SMILES string of the molecule is CN(C)c1ccc(-c2ccccc2N(c2ccc(C=C(C#N)C(=O)O)cc2)c2ccc(N(C)C)cc2)cc1. The van der Waals surface area contributed by atoms with Crippen LogP contribution < -0.4 is 14.7 Å². The van der Waals surface area contributed by atoms with Crippen LogP contribution in [0.5, 0.6) is 0 Å². The lowest BCUT2D eigenvalue weighted by Crippen LogP contribution is -2.12. The minimum absolute atomic E-state index is 0.305. The average Bonchev–Trinajstić information content (AvgIpc) is 2.93. The van der Waals surface area contributed by atoms with Gasteiger partial charge in [0.1, 0.15) is 11.6 Å². The summed E-state index contributed by atoms with van der Waals surface area (Å²) in [6.07, 6.45) is 1.38. The quantitative estimate of drug-likeness (QED) is 0.208. The van der Waals surface area contributed by atoms with Crippen molar-refractivity contribution < 1.29 is 9.90 Å². The zero-order valence-electron chi connectivity index (χ0n) is 22.0. The molecule has 38 heavy (non-hydrogen) atoms. The van der Waals surface area contributed by atoms with Crippen LogP contribution in [-0.2, 0) is 4.79 Å². The molecule has 6 nitrogen and oxygen atoms in total. The molecule has 4 aromatic rings. The Morgan fingerprint density at radius 3 is 1.68 bits per heavy atom. The predicted molar refractivity (Wildman–Crippen MR) is 156 cm³/mol. The van der Waals surface area contributed by atoms with Gasteiger partial charge < -0.3 is 19.8 Å². The van der Waals surface area contributed by atoms with E-state index in [2.05, 4.69) is 75.4 Å². The van der Waals surface area contributed by atoms with Crippen molar-refractivity contribution >= 4 is 40.5 Å². The second-order valence-corrected chi connectivity index (χ2v) is 9.27. The molecule has 0 aromatic heterocycles. The topological polar surface area (TPSA) is 70.8 Å². The minimum Gasteiger partial charge on any atom is -0.477 e. The van der Waals surface area contributed by atoms with Gasteiger partial charge in [0.15, 0.2) is 0 Å². The normalized spacial score (nSPS) is 11.0. The van der Waals surface area contributed by atoms with E-state index < -0.39 is 5.97 Å². The number of anilines is 5. The van der Waals surface area contributed by atoms with Gasteiger partial charge >= 0.3 is 5.97 Å². The fourth-order valence-electron chi connectivity index (χ4n) is 4.21. The predicted octanol–water partition coefficient (Wildman–Crippen LogP) is 6.95. The molecule has 190 valence electrons. The van der Waals surface area contributed by atoms with E-state index in [0.717, 1.165) is 39.6 Å². The lowest BCUT2D eigenvalue weighted by molar-refractivity contribution is -0.132. The first kappa shape index (κ1) is 26.1. The summed E-state index contributed by atoms with van der Waals surface area (Å²) in [6, 6.07) is 34.4. The number of benzene rings is 4. The molecule has 0 amide bonds. The molecule has 0 radical (unpaired) electrons. The van der Waals surface area contributed by atoms with Gasteiger partial charge in [-0.05, 0) is 71.8 Å². The Morgan fingerprint density at radius 2 is 1.18 bits per heavy atom. The van der Waals surface area contributed by atoms with Crippen LogP contribution in [0.2, 0.25) is 0 Å². The van der Waals surface area contributed by atoms with Crippen molar-refractivity contribution in [1.29, 1.82) is 5.26 Å². The molecule has 6 heteroatoms. The monoisotopic (exact) mass is 502 g/mol. The Labute approximate surface area is 223 Å². The highest BCUT2D eigenvalue weighted by Crippen LogP contribution is 2.41. The third kappa shape index (κ3) is 5.69. The summed E-state index contributed by atoms with van der Waals surface area (Å²) in [4.78, 5) is 17.6. The Kier molecular flexibility index (Phi) is 7.79. The van der Waals surface area contributed by atoms with E-state index in [-0.39, 0.29) is 5.57 Å². The number of hydrogen-bond donors (Lipinski definition) is 1. The summed E-state index contributed by atoms with van der Waals surface area (Å²) in [5.74, 6) is -1.24. The maximum Gasteiger partial charge on any atom is 0.346 e. The molecule has 0 bridgehead atoms. The van der Waals surface area contributed by atoms with E-state index in [1.165, 1.54) is 6.08 Å². The van der Waals surface area contributed by atoms with Gasteiger partial charge in [0.05, 0.1) is 5.69 Å². The van der Waals surface area contributed by atoms with Gasteiger partial charge in [-0.25, -0.2) is 4.79 Å². The van der Waals surface area contributed by atoms with Crippen LogP contribution in [0.3, 0.4) is 0 Å². The summed E-state index contributed by atoms with van der Waals surface area (Å²) in [7, 11) is 8.07. The van der Waals surface area contributed by atoms with E-state index in [4.69, 9.17) is 5.26 Å². The van der Waals surface area contributed by atoms with Crippen LogP contribution in [0, 0.1) is 11.3 Å². The van der Waals surface area contributed by atoms with Crippen LogP contribution >= 0.6 is 0 Å². The highest BCUT2D eigenvalue weighted by Gasteiger charge is 2.17. The molecular weight excluding hydrogens is 472 g/mol. The average molecular weight is 503 g/mol. The van der Waals surface area contributed by atoms with Gasteiger partial charge in [-0.15, -0.1) is 0 Å². The summed E-state index contributed by atoms with van der Waals surface area (Å²) in [5.41, 5.74) is 7.64. The molecule has 0 spiro atoms. The number of nitrogens with zero attached hydrogens (tertiary/aromatic N) is 4. The lowest BCUT2D eigenvalue weighted by atomic mass is 10.0. The summed E-state index contributed by atoms with van der Waals surface area (Å²) in [6.45, 7) is 0. The fourth-order valence-corrected chi connectivity index (χ4v) is 4.21. The molecule has 0 saturated heterocycles. The highest BCUT2D eigenvalue weighted by molar-refractivity contribution is 5.96. The summed E-state index contributed by atoms with van der Waals surface area (Å²) < 4.78 is 0. The Hall–Kier alpha value is -5.02. The molecule has 4 aromatic carbocycles. The number of aliphatic carboxylic acids is 1. The first-order chi connectivity index (χ1) is 18.3. The van der Waals surface area contributed by atoms with Crippen molar-refractivity contribution in [1.82, 2.24) is 0 Å². The molecule has 0 heterocycles. The maximum atomic E-state index is 11.3. The van der Waals surface area contributed by atoms with Crippen molar-refractivity contribution in [2.45, 2.75) is 0 Å². The van der Waals surface area contributed by atoms with E-state index in [1.807, 2.05) is 64.6 Å². The van der Waals surface area contributed by atoms with Crippen LogP contribution in [-0.4, -0.2) is 39.3 Å². The standard InChI is InChI=1S/C32H30N4O2/c1-34(2)26-15-11-24(12-16-26)30-7-5-6-8-31(30)36(29-19-17-27(18-20-29)35(3)4)28-13-9-23(10-14-28)21-25(22-33)32(37)38/h5-21H,1-4H3,(H,37,38). The third-order valence-corrected chi connectivity index (χ3v) is 6.28. The van der Waals surface area contributed by atoms with Crippen molar-refractivity contribution in [3.63, 3.8) is 0 Å². The van der Waals surface area contributed by atoms with Crippen molar-refractivity contribution in [3.05, 3.63) is 108 Å². The molecule has 0 saturated carbocycles. The lowest BCUT2D eigenvalue weighted by Gasteiger charge is -2.28. The van der Waals surface area contributed by atoms with Gasteiger partial charge in [-0.1, -0.05) is 42.5 Å². The summed E-state index contributed by atoms with van der Waals surface area (Å²) in [5, 5.41) is 18.3. The van der Waals surface area contributed by atoms with Crippen LogP contribution in [0.25, 0.3) is 17.2 Å². The molecule has 0 aliphatic carbocycles. The highest BCUT2D eigenvalue weighted by atomic mass is 16.4. The number of rotatable bonds is 8. The van der Waals surface area contributed by atoms with E-state index in [0.29, 0.717) is 5.56 Å². The number of nitriles is 1. The zero-order chi connectivity index (χ0) is 27.2. The second-order valence-electron chi connectivity index (χ2n) is 9.27. The van der Waals surface area contributed by atoms with E-state index >= 15 is 0 Å².